The first-order valence-electron chi connectivity index (χ1n) is 12.3. The van der Waals surface area contributed by atoms with E-state index >= 15 is 0 Å². The summed E-state index contributed by atoms with van der Waals surface area (Å²) in [7, 11) is 0. The van der Waals surface area contributed by atoms with Crippen LogP contribution < -0.4 is 4.74 Å². The van der Waals surface area contributed by atoms with Crippen molar-refractivity contribution >= 4 is 28.9 Å². The summed E-state index contributed by atoms with van der Waals surface area (Å²) >= 11 is 0. The van der Waals surface area contributed by atoms with Crippen molar-refractivity contribution in [1.29, 1.82) is 0 Å². The highest BCUT2D eigenvalue weighted by Gasteiger charge is 2.48. The minimum atomic E-state index is -0.672. The predicted octanol–water partition coefficient (Wildman–Crippen LogP) is 3.99. The number of ether oxygens (including phenoxy) is 1. The van der Waals surface area contributed by atoms with Crippen LogP contribution in [-0.4, -0.2) is 57.2 Å². The highest BCUT2D eigenvalue weighted by molar-refractivity contribution is 5.98. The van der Waals surface area contributed by atoms with Crippen molar-refractivity contribution in [1.82, 2.24) is 14.9 Å². The van der Waals surface area contributed by atoms with Crippen LogP contribution in [0.3, 0.4) is 0 Å². The monoisotopic (exact) mass is 494 g/mol. The number of hydrazone groups is 1. The molecule has 0 saturated carbocycles. The third kappa shape index (κ3) is 3.91. The van der Waals surface area contributed by atoms with Crippen molar-refractivity contribution in [2.45, 2.75) is 25.4 Å². The zero-order valence-electron chi connectivity index (χ0n) is 20.3. The topological polar surface area (TPSA) is 98.2 Å². The number of fused-ring (bicyclic) bond motifs is 4. The van der Waals surface area contributed by atoms with Crippen LogP contribution in [0.15, 0.2) is 77.9 Å². The number of aromatic amines is 1. The second-order valence-corrected chi connectivity index (χ2v) is 9.20. The number of carbonyl (C=O) groups excluding carboxylic acids is 2. The lowest BCUT2D eigenvalue weighted by atomic mass is 9.86. The second-order valence-electron chi connectivity index (χ2n) is 9.20. The molecule has 0 aliphatic carbocycles. The first-order chi connectivity index (χ1) is 18.0. The Morgan fingerprint density at radius 3 is 2.68 bits per heavy atom. The first kappa shape index (κ1) is 22.8. The molecule has 2 aliphatic rings. The quantitative estimate of drug-likeness (QED) is 0.410. The lowest BCUT2D eigenvalue weighted by Gasteiger charge is -2.45. The van der Waals surface area contributed by atoms with Gasteiger partial charge in [0.1, 0.15) is 12.6 Å². The van der Waals surface area contributed by atoms with Gasteiger partial charge in [-0.1, -0.05) is 48.5 Å². The zero-order chi connectivity index (χ0) is 25.5. The van der Waals surface area contributed by atoms with E-state index < -0.39 is 12.1 Å². The average molecular weight is 495 g/mol. The molecule has 1 saturated heterocycles. The maximum atomic E-state index is 13.7. The molecule has 1 aromatic heterocycles. The SMILES string of the molecule is CCOc1cc(/C=N\N2CC(=O)N3[C@@H](c4ccccc4)c4[nH]c5ccccc5c4C[C@H]3C2=O)ccc1O. The van der Waals surface area contributed by atoms with Crippen molar-refractivity contribution in [3.63, 3.8) is 0 Å². The molecule has 3 heterocycles. The lowest BCUT2D eigenvalue weighted by molar-refractivity contribution is -0.158. The smallest absolute Gasteiger partial charge is 0.266 e. The Labute approximate surface area is 213 Å². The number of para-hydroxylation sites is 1. The Bertz CT molecular complexity index is 1530. The standard InChI is InChI=1S/C29H26N4O4/c1-2-37-25-14-18(12-13-24(25)34)16-30-32-17-26(35)33-23(29(32)36)15-21-20-10-6-7-11-22(20)31-27(21)28(33)19-8-4-3-5-9-19/h3-14,16,23,28,31,34H,2,15,17H2,1H3/b30-16-/t23-,28-/m0/s1. The molecule has 2 amide bonds. The Morgan fingerprint density at radius 1 is 1.08 bits per heavy atom. The van der Waals surface area contributed by atoms with Crippen LogP contribution in [0, 0.1) is 0 Å². The molecule has 2 aliphatic heterocycles. The Morgan fingerprint density at radius 2 is 1.86 bits per heavy atom. The average Bonchev–Trinajstić information content (AvgIpc) is 3.29. The van der Waals surface area contributed by atoms with Crippen molar-refractivity contribution in [3.8, 4) is 11.5 Å². The number of phenolic OH excluding ortho intramolecular Hbond substituents is 1. The third-order valence-corrected chi connectivity index (χ3v) is 6.99. The number of aromatic hydroxyl groups is 1. The molecule has 6 rings (SSSR count). The first-order valence-corrected chi connectivity index (χ1v) is 12.3. The number of nitrogens with zero attached hydrogens (tertiary/aromatic N) is 3. The summed E-state index contributed by atoms with van der Waals surface area (Å²) in [6.45, 7) is 2.08. The lowest BCUT2D eigenvalue weighted by Crippen LogP contribution is -2.61. The summed E-state index contributed by atoms with van der Waals surface area (Å²) in [5.74, 6) is -0.0248. The van der Waals surface area contributed by atoms with Crippen LogP contribution in [0.4, 0.5) is 0 Å². The van der Waals surface area contributed by atoms with E-state index in [1.165, 1.54) is 17.3 Å². The molecule has 0 spiro atoms. The van der Waals surface area contributed by atoms with E-state index in [0.717, 1.165) is 27.7 Å². The van der Waals surface area contributed by atoms with Gasteiger partial charge in [-0.3, -0.25) is 9.59 Å². The van der Waals surface area contributed by atoms with Crippen LogP contribution in [0.5, 0.6) is 11.5 Å². The highest BCUT2D eigenvalue weighted by Crippen LogP contribution is 2.42. The van der Waals surface area contributed by atoms with Gasteiger partial charge in [0.2, 0.25) is 5.91 Å². The van der Waals surface area contributed by atoms with Crippen LogP contribution in [0.25, 0.3) is 10.9 Å². The summed E-state index contributed by atoms with van der Waals surface area (Å²) < 4.78 is 5.44. The number of phenols is 1. The summed E-state index contributed by atoms with van der Waals surface area (Å²) in [6.07, 6.45) is 1.92. The summed E-state index contributed by atoms with van der Waals surface area (Å²) in [5.41, 5.74) is 4.59. The van der Waals surface area contributed by atoms with Gasteiger partial charge in [0.15, 0.2) is 11.5 Å². The molecule has 2 atom stereocenters. The number of H-pyrrole nitrogens is 1. The van der Waals surface area contributed by atoms with E-state index in [0.29, 0.717) is 24.3 Å². The van der Waals surface area contributed by atoms with Crippen LogP contribution in [0.1, 0.15) is 35.3 Å². The number of nitrogens with one attached hydrogen (secondary N) is 1. The third-order valence-electron chi connectivity index (χ3n) is 6.99. The van der Waals surface area contributed by atoms with Gasteiger partial charge in [-0.2, -0.15) is 5.10 Å². The van der Waals surface area contributed by atoms with Crippen LogP contribution >= 0.6 is 0 Å². The minimum Gasteiger partial charge on any atom is -0.504 e. The number of carbonyl (C=O) groups is 2. The molecular formula is C29H26N4O4. The van der Waals surface area contributed by atoms with Gasteiger partial charge < -0.3 is 19.7 Å². The van der Waals surface area contributed by atoms with Gasteiger partial charge in [-0.05, 0) is 47.9 Å². The molecule has 0 unspecified atom stereocenters. The maximum absolute atomic E-state index is 13.7. The number of benzene rings is 3. The largest absolute Gasteiger partial charge is 0.504 e. The van der Waals surface area contributed by atoms with Crippen molar-refractivity contribution in [2.75, 3.05) is 13.2 Å². The Balaban J connectivity index is 1.37. The zero-order valence-corrected chi connectivity index (χ0v) is 20.3. The number of hydrogen-bond acceptors (Lipinski definition) is 5. The summed E-state index contributed by atoms with van der Waals surface area (Å²) in [6, 6.07) is 21.6. The van der Waals surface area contributed by atoms with Crippen molar-refractivity contribution in [3.05, 3.63) is 95.2 Å². The molecule has 8 heteroatoms. The Kier molecular flexibility index (Phi) is 5.64. The molecule has 1 fully saturated rings. The molecule has 2 N–H and O–H groups in total. The van der Waals surface area contributed by atoms with E-state index in [4.69, 9.17) is 4.74 Å². The van der Waals surface area contributed by atoms with E-state index in [-0.39, 0.29) is 24.1 Å². The number of aromatic nitrogens is 1. The van der Waals surface area contributed by atoms with Crippen molar-refractivity contribution < 1.29 is 19.4 Å². The molecule has 3 aromatic carbocycles. The van der Waals surface area contributed by atoms with Gasteiger partial charge in [-0.25, -0.2) is 5.01 Å². The molecule has 8 nitrogen and oxygen atoms in total. The molecule has 0 bridgehead atoms. The fourth-order valence-electron chi connectivity index (χ4n) is 5.35. The molecule has 0 radical (unpaired) electrons. The van der Waals surface area contributed by atoms with E-state index in [2.05, 4.69) is 10.1 Å². The van der Waals surface area contributed by atoms with Gasteiger partial charge in [0.25, 0.3) is 5.91 Å². The number of hydrogen-bond donors (Lipinski definition) is 2. The molecular weight excluding hydrogens is 468 g/mol. The van der Waals surface area contributed by atoms with Gasteiger partial charge >= 0.3 is 0 Å². The number of piperazine rings is 1. The van der Waals surface area contributed by atoms with Crippen LogP contribution in [0.2, 0.25) is 0 Å². The van der Waals surface area contributed by atoms with E-state index in [9.17, 15) is 14.7 Å². The van der Waals surface area contributed by atoms with Gasteiger partial charge in [-0.15, -0.1) is 0 Å². The van der Waals surface area contributed by atoms with Gasteiger partial charge in [0.05, 0.1) is 18.9 Å². The fourth-order valence-corrected chi connectivity index (χ4v) is 5.35. The summed E-state index contributed by atoms with van der Waals surface area (Å²) in [5, 5.41) is 16.6. The number of rotatable bonds is 5. The molecule has 37 heavy (non-hydrogen) atoms. The maximum Gasteiger partial charge on any atom is 0.266 e. The van der Waals surface area contributed by atoms with E-state index in [1.807, 2.05) is 61.5 Å². The second kappa shape index (κ2) is 9.13. The molecule has 4 aromatic rings. The highest BCUT2D eigenvalue weighted by atomic mass is 16.5. The fraction of sp³-hybridized carbons (Fsp3) is 0.207. The normalized spacial score (nSPS) is 19.4. The van der Waals surface area contributed by atoms with Crippen molar-refractivity contribution in [2.24, 2.45) is 5.10 Å². The van der Waals surface area contributed by atoms with E-state index in [1.54, 1.807) is 17.0 Å². The van der Waals surface area contributed by atoms with Crippen LogP contribution in [-0.2, 0) is 16.0 Å². The number of amides is 2. The van der Waals surface area contributed by atoms with Gasteiger partial charge in [0, 0.05) is 23.0 Å². The Hall–Kier alpha value is -4.59. The molecule has 186 valence electrons. The minimum absolute atomic E-state index is 0.0301. The predicted molar refractivity (Wildman–Crippen MR) is 140 cm³/mol. The summed E-state index contributed by atoms with van der Waals surface area (Å²) in [4.78, 5) is 32.6.